The van der Waals surface area contributed by atoms with Crippen molar-refractivity contribution in [1.29, 1.82) is 0 Å². The maximum Gasteiger partial charge on any atom is 0.336 e. The molecule has 0 atom stereocenters. The van der Waals surface area contributed by atoms with E-state index in [1.54, 1.807) is 12.0 Å². The van der Waals surface area contributed by atoms with Gasteiger partial charge in [0.05, 0.1) is 13.2 Å². The summed E-state index contributed by atoms with van der Waals surface area (Å²) in [6.45, 7) is 4.83. The van der Waals surface area contributed by atoms with Crippen LogP contribution in [0.25, 0.3) is 11.0 Å². The maximum atomic E-state index is 13.0. The van der Waals surface area contributed by atoms with Crippen molar-refractivity contribution in [2.75, 3.05) is 30.9 Å². The number of nitrogens with two attached hydrogens (primary N) is 1. The van der Waals surface area contributed by atoms with E-state index in [4.69, 9.17) is 14.9 Å². The van der Waals surface area contributed by atoms with E-state index < -0.39 is 16.9 Å². The first-order valence-corrected chi connectivity index (χ1v) is 11.2. The molecular weight excluding hydrogens is 448 g/mol. The molecule has 9 heteroatoms. The number of hydrogen-bond acceptors (Lipinski definition) is 7. The lowest BCUT2D eigenvalue weighted by molar-refractivity contribution is 0.205. The molecule has 0 fully saturated rings. The number of H-pyrrole nitrogens is 1. The van der Waals surface area contributed by atoms with E-state index in [0.29, 0.717) is 24.3 Å². The number of anilines is 2. The van der Waals surface area contributed by atoms with Gasteiger partial charge in [0.1, 0.15) is 17.1 Å². The summed E-state index contributed by atoms with van der Waals surface area (Å²) in [5.41, 5.74) is 8.81. The summed E-state index contributed by atoms with van der Waals surface area (Å²) >= 11 is 0. The van der Waals surface area contributed by atoms with Crippen molar-refractivity contribution >= 4 is 22.5 Å². The lowest BCUT2D eigenvalue weighted by Crippen LogP contribution is -2.39. The third-order valence-electron chi connectivity index (χ3n) is 6.16. The Bertz CT molecular complexity index is 1540. The fourth-order valence-corrected chi connectivity index (χ4v) is 4.14. The molecule has 3 N–H and O–H groups in total. The van der Waals surface area contributed by atoms with Crippen LogP contribution in [0.3, 0.4) is 0 Å². The highest BCUT2D eigenvalue weighted by Gasteiger charge is 2.21. The molecule has 182 valence electrons. The molecule has 9 nitrogen and oxygen atoms in total. The van der Waals surface area contributed by atoms with Crippen LogP contribution in [0.1, 0.15) is 22.3 Å². The standard InChI is InChI=1S/C26H28N4O5/c1-16-9-10-20-19(13-21(31)35-23(20)17(16)2)15-29(11-12-34-3)22-24(27)30(26(33)28-25(22)32)14-18-7-5-4-6-8-18/h4-10,13H,11-12,14-15,27H2,1-3H3,(H,28,32,33). The molecule has 0 saturated heterocycles. The lowest BCUT2D eigenvalue weighted by Gasteiger charge is -2.26. The molecule has 0 aliphatic carbocycles. The highest BCUT2D eigenvalue weighted by molar-refractivity contribution is 5.84. The molecule has 2 aromatic carbocycles. The Morgan fingerprint density at radius 1 is 1.09 bits per heavy atom. The number of methoxy groups -OCH3 is 1. The van der Waals surface area contributed by atoms with Crippen LogP contribution in [0.4, 0.5) is 11.5 Å². The number of aromatic nitrogens is 2. The highest BCUT2D eigenvalue weighted by atomic mass is 16.5. The molecule has 4 aromatic rings. The van der Waals surface area contributed by atoms with Crippen LogP contribution in [-0.4, -0.2) is 29.8 Å². The second-order valence-electron chi connectivity index (χ2n) is 8.45. The molecule has 4 rings (SSSR count). The predicted octanol–water partition coefficient (Wildman–Crippen LogP) is 2.54. The molecule has 0 unspecified atom stereocenters. The van der Waals surface area contributed by atoms with Gasteiger partial charge in [-0.25, -0.2) is 9.59 Å². The predicted molar refractivity (Wildman–Crippen MR) is 136 cm³/mol. The Kier molecular flexibility index (Phi) is 6.88. The molecule has 0 aliphatic rings. The largest absolute Gasteiger partial charge is 0.422 e. The normalized spacial score (nSPS) is 11.2. The summed E-state index contributed by atoms with van der Waals surface area (Å²) in [4.78, 5) is 42.1. The SMILES string of the molecule is COCCN(Cc1cc(=O)oc2c(C)c(C)ccc12)c1c(N)n(Cc2ccccc2)c(=O)[nH]c1=O. The number of nitrogens with zero attached hydrogens (tertiary/aromatic N) is 2. The van der Waals surface area contributed by atoms with Gasteiger partial charge in [0.25, 0.3) is 5.56 Å². The van der Waals surface area contributed by atoms with Gasteiger partial charge in [-0.05, 0) is 36.1 Å². The van der Waals surface area contributed by atoms with Crippen molar-refractivity contribution in [3.05, 3.63) is 102 Å². The molecule has 0 radical (unpaired) electrons. The Labute approximate surface area is 201 Å². The number of aryl methyl sites for hydroxylation is 2. The summed E-state index contributed by atoms with van der Waals surface area (Å²) in [5.74, 6) is 0.0398. The molecule has 0 saturated carbocycles. The fraction of sp³-hybridized carbons (Fsp3) is 0.269. The monoisotopic (exact) mass is 476 g/mol. The summed E-state index contributed by atoms with van der Waals surface area (Å²) in [6, 6.07) is 14.6. The molecular formula is C26H28N4O5. The van der Waals surface area contributed by atoms with Crippen molar-refractivity contribution in [2.45, 2.75) is 26.9 Å². The average molecular weight is 477 g/mol. The molecule has 0 bridgehead atoms. The zero-order chi connectivity index (χ0) is 25.1. The molecule has 2 heterocycles. The Hall–Kier alpha value is -4.11. The third kappa shape index (κ3) is 4.90. The van der Waals surface area contributed by atoms with Gasteiger partial charge in [0.2, 0.25) is 0 Å². The minimum absolute atomic E-state index is 0.0398. The highest BCUT2D eigenvalue weighted by Crippen LogP contribution is 2.26. The van der Waals surface area contributed by atoms with Crippen LogP contribution in [0.2, 0.25) is 0 Å². The quantitative estimate of drug-likeness (QED) is 0.375. The average Bonchev–Trinajstić information content (AvgIpc) is 2.83. The van der Waals surface area contributed by atoms with Crippen LogP contribution < -0.4 is 27.5 Å². The number of rotatable bonds is 8. The zero-order valence-electron chi connectivity index (χ0n) is 20.0. The van der Waals surface area contributed by atoms with Crippen LogP contribution in [0, 0.1) is 13.8 Å². The lowest BCUT2D eigenvalue weighted by atomic mass is 10.0. The van der Waals surface area contributed by atoms with Gasteiger partial charge in [0.15, 0.2) is 0 Å². The van der Waals surface area contributed by atoms with Crippen molar-refractivity contribution in [1.82, 2.24) is 9.55 Å². The van der Waals surface area contributed by atoms with E-state index in [-0.39, 0.29) is 24.6 Å². The number of nitrogen functional groups attached to an aromatic ring is 1. The molecule has 0 amide bonds. The first kappa shape index (κ1) is 24.0. The minimum atomic E-state index is -0.604. The van der Waals surface area contributed by atoms with E-state index in [0.717, 1.165) is 22.1 Å². The second-order valence-corrected chi connectivity index (χ2v) is 8.45. The van der Waals surface area contributed by atoms with E-state index in [9.17, 15) is 14.4 Å². The van der Waals surface area contributed by atoms with Crippen LogP contribution in [0.5, 0.6) is 0 Å². The first-order valence-electron chi connectivity index (χ1n) is 11.2. The third-order valence-corrected chi connectivity index (χ3v) is 6.16. The van der Waals surface area contributed by atoms with Crippen molar-refractivity contribution in [2.24, 2.45) is 0 Å². The number of nitrogens with one attached hydrogen (secondary N) is 1. The number of ether oxygens (including phenoxy) is 1. The van der Waals surface area contributed by atoms with E-state index in [2.05, 4.69) is 4.98 Å². The van der Waals surface area contributed by atoms with Crippen molar-refractivity contribution in [3.8, 4) is 0 Å². The molecule has 2 aromatic heterocycles. The maximum absolute atomic E-state index is 13.0. The Balaban J connectivity index is 1.84. The van der Waals surface area contributed by atoms with Gasteiger partial charge in [-0.2, -0.15) is 0 Å². The van der Waals surface area contributed by atoms with E-state index in [1.807, 2.05) is 56.3 Å². The fourth-order valence-electron chi connectivity index (χ4n) is 4.14. The number of hydrogen-bond donors (Lipinski definition) is 2. The Morgan fingerprint density at radius 2 is 1.83 bits per heavy atom. The topological polar surface area (TPSA) is 124 Å². The van der Waals surface area contributed by atoms with Crippen LogP contribution in [0.15, 0.2) is 67.3 Å². The van der Waals surface area contributed by atoms with Crippen LogP contribution >= 0.6 is 0 Å². The summed E-state index contributed by atoms with van der Waals surface area (Å²) in [6.07, 6.45) is 0. The van der Waals surface area contributed by atoms with Gasteiger partial charge in [-0.3, -0.25) is 14.3 Å². The van der Waals surface area contributed by atoms with Gasteiger partial charge in [-0.15, -0.1) is 0 Å². The number of benzene rings is 2. The Morgan fingerprint density at radius 3 is 2.54 bits per heavy atom. The van der Waals surface area contributed by atoms with Crippen molar-refractivity contribution < 1.29 is 9.15 Å². The van der Waals surface area contributed by atoms with Gasteiger partial charge >= 0.3 is 11.3 Å². The first-order chi connectivity index (χ1) is 16.8. The minimum Gasteiger partial charge on any atom is -0.422 e. The number of fused-ring (bicyclic) bond motifs is 1. The van der Waals surface area contributed by atoms with Gasteiger partial charge in [0, 0.05) is 31.7 Å². The molecule has 0 aliphatic heterocycles. The summed E-state index contributed by atoms with van der Waals surface area (Å²) in [5, 5.41) is 0.766. The second kappa shape index (κ2) is 10.0. The molecule has 35 heavy (non-hydrogen) atoms. The van der Waals surface area contributed by atoms with Crippen molar-refractivity contribution in [3.63, 3.8) is 0 Å². The summed E-state index contributed by atoms with van der Waals surface area (Å²) < 4.78 is 12.1. The molecule has 0 spiro atoms. The van der Waals surface area contributed by atoms with Crippen LogP contribution in [-0.2, 0) is 17.8 Å². The summed E-state index contributed by atoms with van der Waals surface area (Å²) in [7, 11) is 1.56. The number of aromatic amines is 1. The smallest absolute Gasteiger partial charge is 0.336 e. The van der Waals surface area contributed by atoms with Gasteiger partial charge < -0.3 is 19.8 Å². The van der Waals surface area contributed by atoms with Gasteiger partial charge in [-0.1, -0.05) is 42.5 Å². The van der Waals surface area contributed by atoms with E-state index >= 15 is 0 Å². The zero-order valence-corrected chi connectivity index (χ0v) is 20.0. The van der Waals surface area contributed by atoms with E-state index in [1.165, 1.54) is 10.6 Å².